The Labute approximate surface area is 202 Å². The number of hydrogen-bond donors (Lipinski definition) is 1. The zero-order valence-electron chi connectivity index (χ0n) is 18.7. The summed E-state index contributed by atoms with van der Waals surface area (Å²) in [4.78, 5) is 17.9. The third kappa shape index (κ3) is 2.78. The van der Waals surface area contributed by atoms with E-state index in [1.54, 1.807) is 6.20 Å². The molecule has 176 valence electrons. The number of thiophene rings is 1. The Balaban J connectivity index is 1.47. The highest BCUT2D eigenvalue weighted by Gasteiger charge is 2.44. The lowest BCUT2D eigenvalue weighted by atomic mass is 9.93. The maximum absolute atomic E-state index is 16.4. The molecule has 2 saturated heterocycles. The van der Waals surface area contributed by atoms with Gasteiger partial charge in [0.05, 0.1) is 35.4 Å². The number of nitriles is 1. The van der Waals surface area contributed by atoms with Crippen LogP contribution in [-0.2, 0) is 18.0 Å². The van der Waals surface area contributed by atoms with Crippen molar-refractivity contribution in [2.45, 2.75) is 19.3 Å². The van der Waals surface area contributed by atoms with Gasteiger partial charge in [-0.2, -0.15) is 5.26 Å². The Morgan fingerprint density at radius 3 is 2.77 bits per heavy atom. The molecular formula is C24H19F2N7OS. The van der Waals surface area contributed by atoms with Crippen LogP contribution in [0.1, 0.15) is 16.7 Å². The molecular weight excluding hydrogens is 472 g/mol. The number of aromatic nitrogens is 3. The van der Waals surface area contributed by atoms with Gasteiger partial charge in [-0.25, -0.2) is 18.7 Å². The first-order valence-electron chi connectivity index (χ1n) is 11.3. The molecule has 3 aliphatic heterocycles. The molecule has 0 spiro atoms. The normalized spacial score (nSPS) is 21.4. The fourth-order valence-corrected chi connectivity index (χ4v) is 6.68. The third-order valence-corrected chi connectivity index (χ3v) is 8.54. The number of anilines is 2. The Morgan fingerprint density at radius 2 is 2.00 bits per heavy atom. The minimum absolute atomic E-state index is 0.0965. The zero-order valence-corrected chi connectivity index (χ0v) is 19.5. The van der Waals surface area contributed by atoms with Crippen LogP contribution in [0.3, 0.4) is 0 Å². The van der Waals surface area contributed by atoms with Crippen molar-refractivity contribution < 1.29 is 13.5 Å². The number of likely N-dealkylation sites (N-methyl/N-ethyl adjacent to an activating group) is 1. The molecule has 4 aromatic rings. The van der Waals surface area contributed by atoms with E-state index >= 15 is 4.39 Å². The van der Waals surface area contributed by atoms with Crippen molar-refractivity contribution in [3.05, 3.63) is 40.7 Å². The zero-order chi connectivity index (χ0) is 24.0. The molecule has 2 atom stereocenters. The summed E-state index contributed by atoms with van der Waals surface area (Å²) in [6.07, 6.45) is 2.71. The van der Waals surface area contributed by atoms with E-state index in [2.05, 4.69) is 31.8 Å². The topological polar surface area (TPSA) is 104 Å². The van der Waals surface area contributed by atoms with Crippen molar-refractivity contribution in [3.8, 4) is 17.3 Å². The Kier molecular flexibility index (Phi) is 4.34. The summed E-state index contributed by atoms with van der Waals surface area (Å²) in [6, 6.07) is 2.50. The monoisotopic (exact) mass is 491 g/mol. The minimum Gasteiger partial charge on any atom is -0.389 e. The fraction of sp³-hybridized carbons (Fsp3) is 0.333. The second-order valence-electron chi connectivity index (χ2n) is 9.36. The molecule has 0 aliphatic carbocycles. The van der Waals surface area contributed by atoms with Crippen LogP contribution in [0.15, 0.2) is 12.4 Å². The van der Waals surface area contributed by atoms with E-state index in [4.69, 9.17) is 10.5 Å². The molecule has 35 heavy (non-hydrogen) atoms. The Hall–Kier alpha value is -3.46. The average molecular weight is 492 g/mol. The van der Waals surface area contributed by atoms with E-state index in [0.717, 1.165) is 42.7 Å². The molecule has 11 heteroatoms. The van der Waals surface area contributed by atoms with Gasteiger partial charge in [0, 0.05) is 54.1 Å². The van der Waals surface area contributed by atoms with E-state index in [9.17, 15) is 9.65 Å². The molecule has 0 amide bonds. The van der Waals surface area contributed by atoms with E-state index in [0.29, 0.717) is 28.9 Å². The number of hydrogen-bond acceptors (Lipinski definition) is 9. The maximum Gasteiger partial charge on any atom is 0.226 e. The highest BCUT2D eigenvalue weighted by Crippen LogP contribution is 2.45. The van der Waals surface area contributed by atoms with Crippen LogP contribution in [-0.4, -0.2) is 52.6 Å². The van der Waals surface area contributed by atoms with E-state index in [-0.39, 0.29) is 50.6 Å². The van der Waals surface area contributed by atoms with Crippen LogP contribution in [0.2, 0.25) is 0 Å². The molecule has 0 saturated carbocycles. The van der Waals surface area contributed by atoms with Gasteiger partial charge in [-0.05, 0) is 18.2 Å². The van der Waals surface area contributed by atoms with Gasteiger partial charge in [0.1, 0.15) is 16.6 Å². The molecule has 2 fully saturated rings. The van der Waals surface area contributed by atoms with Gasteiger partial charge in [-0.15, -0.1) is 11.3 Å². The van der Waals surface area contributed by atoms with Gasteiger partial charge >= 0.3 is 0 Å². The first kappa shape index (κ1) is 20.9. The first-order valence-corrected chi connectivity index (χ1v) is 12.1. The summed E-state index contributed by atoms with van der Waals surface area (Å²) in [7, 11) is 2.10. The molecule has 7 rings (SSSR count). The van der Waals surface area contributed by atoms with Crippen molar-refractivity contribution in [2.24, 2.45) is 5.92 Å². The Morgan fingerprint density at radius 1 is 1.17 bits per heavy atom. The van der Waals surface area contributed by atoms with Crippen LogP contribution in [0, 0.1) is 28.9 Å². The summed E-state index contributed by atoms with van der Waals surface area (Å²) < 4.78 is 36.8. The third-order valence-electron chi connectivity index (χ3n) is 7.51. The molecule has 1 aromatic carbocycles. The van der Waals surface area contributed by atoms with Crippen molar-refractivity contribution in [2.75, 3.05) is 37.3 Å². The SMILES string of the molecule is CN1C[C@H]2CN(c3ncc4c5c(c(-c6ncc(F)c7sc(N)c(C#N)c67)c(F)c4n3)COC5)C[C@H]21. The second kappa shape index (κ2) is 7.27. The van der Waals surface area contributed by atoms with Crippen molar-refractivity contribution >= 4 is 43.3 Å². The van der Waals surface area contributed by atoms with Crippen LogP contribution >= 0.6 is 11.3 Å². The lowest BCUT2D eigenvalue weighted by Gasteiger charge is -2.40. The number of nitrogens with two attached hydrogens (primary N) is 1. The molecule has 3 aliphatic rings. The van der Waals surface area contributed by atoms with Gasteiger partial charge in [-0.3, -0.25) is 4.98 Å². The van der Waals surface area contributed by atoms with Crippen LogP contribution < -0.4 is 10.6 Å². The van der Waals surface area contributed by atoms with E-state index < -0.39 is 11.6 Å². The van der Waals surface area contributed by atoms with Crippen molar-refractivity contribution in [1.82, 2.24) is 19.9 Å². The fourth-order valence-electron chi connectivity index (χ4n) is 5.75. The smallest absolute Gasteiger partial charge is 0.226 e. The number of rotatable bonds is 2. The summed E-state index contributed by atoms with van der Waals surface area (Å²) in [6.45, 7) is 3.12. The molecule has 8 nitrogen and oxygen atoms in total. The van der Waals surface area contributed by atoms with Gasteiger partial charge in [-0.1, -0.05) is 0 Å². The number of benzene rings is 1. The van der Waals surface area contributed by atoms with Gasteiger partial charge in [0.2, 0.25) is 5.95 Å². The number of nitrogens with zero attached hydrogens (tertiary/aromatic N) is 6. The molecule has 6 heterocycles. The average Bonchev–Trinajstić information content (AvgIpc) is 3.55. The summed E-state index contributed by atoms with van der Waals surface area (Å²) in [5.74, 6) is -0.132. The largest absolute Gasteiger partial charge is 0.389 e. The maximum atomic E-state index is 16.4. The van der Waals surface area contributed by atoms with Gasteiger partial charge in [0.15, 0.2) is 11.6 Å². The van der Waals surface area contributed by atoms with Gasteiger partial charge < -0.3 is 20.3 Å². The van der Waals surface area contributed by atoms with Crippen LogP contribution in [0.4, 0.5) is 19.7 Å². The second-order valence-corrected chi connectivity index (χ2v) is 10.4. The number of fused-ring (bicyclic) bond motifs is 5. The minimum atomic E-state index is -0.603. The predicted molar refractivity (Wildman–Crippen MR) is 128 cm³/mol. The molecule has 3 aromatic heterocycles. The highest BCUT2D eigenvalue weighted by molar-refractivity contribution is 7.23. The van der Waals surface area contributed by atoms with Crippen molar-refractivity contribution in [3.63, 3.8) is 0 Å². The molecule has 0 unspecified atom stereocenters. The highest BCUT2D eigenvalue weighted by atomic mass is 32.1. The summed E-state index contributed by atoms with van der Waals surface area (Å²) in [5.41, 5.74) is 8.01. The van der Waals surface area contributed by atoms with Crippen molar-refractivity contribution in [1.29, 1.82) is 5.26 Å². The molecule has 0 bridgehead atoms. The number of halogens is 2. The summed E-state index contributed by atoms with van der Waals surface area (Å²) >= 11 is 0.958. The number of nitrogen functional groups attached to an aromatic ring is 1. The van der Waals surface area contributed by atoms with Gasteiger partial charge in [0.25, 0.3) is 0 Å². The standard InChI is InChI=1S/C24H19F2N7OS/c1-32-5-10-6-33(7-16(10)32)24-30-3-12-13-8-34-9-14(13)17(19(26)20(12)31-24)21-18-11(2-27)23(28)35-22(18)15(25)4-29-21/h3-4,10,16H,5-9,28H2,1H3/t10-,16+/m0/s1. The van der Waals surface area contributed by atoms with Crippen LogP contribution in [0.5, 0.6) is 0 Å². The Bertz CT molecular complexity index is 1610. The quantitative estimate of drug-likeness (QED) is 0.455. The van der Waals surface area contributed by atoms with E-state index in [1.165, 1.54) is 0 Å². The number of pyridine rings is 1. The molecule has 0 radical (unpaired) electrons. The number of likely N-dealkylation sites (tertiary alicyclic amines) is 1. The predicted octanol–water partition coefficient (Wildman–Crippen LogP) is 3.42. The first-order chi connectivity index (χ1) is 17.0. The molecule has 2 N–H and O–H groups in total. The lowest BCUT2D eigenvalue weighted by Crippen LogP contribution is -2.52. The number of ether oxygens (including phenoxy) is 1. The summed E-state index contributed by atoms with van der Waals surface area (Å²) in [5, 5.41) is 10.7. The lowest BCUT2D eigenvalue weighted by molar-refractivity contribution is 0.0827. The van der Waals surface area contributed by atoms with E-state index in [1.807, 2.05) is 6.07 Å². The van der Waals surface area contributed by atoms with Crippen LogP contribution in [0.25, 0.3) is 32.2 Å².